The first kappa shape index (κ1) is 11.2. The number of nitrogens with zero attached hydrogens (tertiary/aromatic N) is 1. The highest BCUT2D eigenvalue weighted by molar-refractivity contribution is 5.76. The van der Waals surface area contributed by atoms with Crippen LogP contribution >= 0.6 is 0 Å². The SMILES string of the molecule is Cc1noc(-c2ccccc2O)c1CC(=O)O. The number of rotatable bonds is 3. The minimum Gasteiger partial charge on any atom is -0.507 e. The van der Waals surface area contributed by atoms with Gasteiger partial charge in [0.05, 0.1) is 17.7 Å². The molecule has 0 atom stereocenters. The molecule has 0 saturated heterocycles. The lowest BCUT2D eigenvalue weighted by molar-refractivity contribution is -0.136. The van der Waals surface area contributed by atoms with Gasteiger partial charge in [-0.3, -0.25) is 4.79 Å². The first-order chi connectivity index (χ1) is 8.09. The summed E-state index contributed by atoms with van der Waals surface area (Å²) in [6.45, 7) is 1.67. The van der Waals surface area contributed by atoms with Crippen molar-refractivity contribution in [2.45, 2.75) is 13.3 Å². The summed E-state index contributed by atoms with van der Waals surface area (Å²) in [7, 11) is 0. The largest absolute Gasteiger partial charge is 0.507 e. The zero-order chi connectivity index (χ0) is 12.4. The number of benzene rings is 1. The molecule has 17 heavy (non-hydrogen) atoms. The molecule has 0 unspecified atom stereocenters. The molecule has 0 radical (unpaired) electrons. The lowest BCUT2D eigenvalue weighted by Gasteiger charge is -2.02. The van der Waals surface area contributed by atoms with Gasteiger partial charge in [-0.15, -0.1) is 0 Å². The van der Waals surface area contributed by atoms with E-state index in [0.717, 1.165) is 0 Å². The number of hydrogen-bond donors (Lipinski definition) is 2. The molecule has 5 heteroatoms. The Morgan fingerprint density at radius 1 is 1.41 bits per heavy atom. The highest BCUT2D eigenvalue weighted by atomic mass is 16.5. The Labute approximate surface area is 97.3 Å². The van der Waals surface area contributed by atoms with Crippen molar-refractivity contribution >= 4 is 5.97 Å². The number of aromatic nitrogens is 1. The molecule has 0 amide bonds. The number of aryl methyl sites for hydroxylation is 1. The van der Waals surface area contributed by atoms with Gasteiger partial charge in [0.25, 0.3) is 0 Å². The van der Waals surface area contributed by atoms with Crippen molar-refractivity contribution in [1.82, 2.24) is 5.16 Å². The Balaban J connectivity index is 2.53. The molecular formula is C12H11NO4. The van der Waals surface area contributed by atoms with Crippen molar-refractivity contribution in [2.75, 3.05) is 0 Å². The highest BCUT2D eigenvalue weighted by Crippen LogP contribution is 2.32. The number of phenolic OH excluding ortho intramolecular Hbond substituents is 1. The van der Waals surface area contributed by atoms with Crippen LogP contribution in [0.3, 0.4) is 0 Å². The van der Waals surface area contributed by atoms with E-state index in [4.69, 9.17) is 9.63 Å². The maximum atomic E-state index is 10.8. The summed E-state index contributed by atoms with van der Waals surface area (Å²) in [5, 5.41) is 22.3. The molecule has 5 nitrogen and oxygen atoms in total. The van der Waals surface area contributed by atoms with Crippen LogP contribution in [-0.4, -0.2) is 21.3 Å². The molecule has 0 aliphatic heterocycles. The lowest BCUT2D eigenvalue weighted by Crippen LogP contribution is -2.01. The molecule has 2 N–H and O–H groups in total. The average molecular weight is 233 g/mol. The fraction of sp³-hybridized carbons (Fsp3) is 0.167. The van der Waals surface area contributed by atoms with Crippen LogP contribution in [0, 0.1) is 6.92 Å². The van der Waals surface area contributed by atoms with Crippen molar-refractivity contribution in [3.05, 3.63) is 35.5 Å². The van der Waals surface area contributed by atoms with Crippen molar-refractivity contribution < 1.29 is 19.5 Å². The monoisotopic (exact) mass is 233 g/mol. The van der Waals surface area contributed by atoms with E-state index in [0.29, 0.717) is 22.6 Å². The van der Waals surface area contributed by atoms with Gasteiger partial charge in [-0.25, -0.2) is 0 Å². The van der Waals surface area contributed by atoms with E-state index < -0.39 is 5.97 Å². The van der Waals surface area contributed by atoms with Crippen LogP contribution in [0.1, 0.15) is 11.3 Å². The lowest BCUT2D eigenvalue weighted by atomic mass is 10.0. The Morgan fingerprint density at radius 3 is 2.76 bits per heavy atom. The van der Waals surface area contributed by atoms with Crippen LogP contribution in [-0.2, 0) is 11.2 Å². The number of carboxylic acids is 1. The Bertz CT molecular complexity index is 559. The Morgan fingerprint density at radius 2 is 2.12 bits per heavy atom. The molecule has 0 bridgehead atoms. The maximum absolute atomic E-state index is 10.8. The first-order valence-electron chi connectivity index (χ1n) is 5.05. The summed E-state index contributed by atoms with van der Waals surface area (Å²) < 4.78 is 5.09. The molecule has 0 aliphatic carbocycles. The quantitative estimate of drug-likeness (QED) is 0.846. The molecule has 1 aromatic heterocycles. The average Bonchev–Trinajstić information content (AvgIpc) is 2.61. The molecule has 1 aromatic carbocycles. The van der Waals surface area contributed by atoms with E-state index in [1.165, 1.54) is 6.07 Å². The van der Waals surface area contributed by atoms with E-state index in [9.17, 15) is 9.90 Å². The minimum absolute atomic E-state index is 0.0373. The van der Waals surface area contributed by atoms with Crippen LogP contribution < -0.4 is 0 Å². The molecule has 0 spiro atoms. The van der Waals surface area contributed by atoms with Gasteiger partial charge >= 0.3 is 5.97 Å². The second kappa shape index (κ2) is 4.29. The molecule has 1 heterocycles. The van der Waals surface area contributed by atoms with Crippen molar-refractivity contribution in [1.29, 1.82) is 0 Å². The Hall–Kier alpha value is -2.30. The zero-order valence-corrected chi connectivity index (χ0v) is 9.17. The van der Waals surface area contributed by atoms with Crippen LogP contribution in [0.15, 0.2) is 28.8 Å². The number of carboxylic acid groups (broad SMARTS) is 1. The number of aliphatic carboxylic acids is 1. The van der Waals surface area contributed by atoms with Crippen LogP contribution in [0.5, 0.6) is 5.75 Å². The van der Waals surface area contributed by atoms with Gasteiger partial charge in [0.1, 0.15) is 5.75 Å². The first-order valence-corrected chi connectivity index (χ1v) is 5.05. The summed E-state index contributed by atoms with van der Waals surface area (Å²) in [6.07, 6.45) is -0.182. The second-order valence-corrected chi connectivity index (χ2v) is 3.66. The van der Waals surface area contributed by atoms with Crippen LogP contribution in [0.2, 0.25) is 0 Å². The number of hydrogen-bond acceptors (Lipinski definition) is 4. The van der Waals surface area contributed by atoms with Gasteiger partial charge in [0, 0.05) is 5.56 Å². The second-order valence-electron chi connectivity index (χ2n) is 3.66. The predicted octanol–water partition coefficient (Wildman–Crippen LogP) is 1.98. The van der Waals surface area contributed by atoms with Gasteiger partial charge in [-0.1, -0.05) is 17.3 Å². The zero-order valence-electron chi connectivity index (χ0n) is 9.17. The number of phenols is 1. The number of para-hydroxylation sites is 1. The molecule has 0 aliphatic rings. The molecule has 2 aromatic rings. The van der Waals surface area contributed by atoms with Crippen molar-refractivity contribution in [2.24, 2.45) is 0 Å². The smallest absolute Gasteiger partial charge is 0.308 e. The Kier molecular flexibility index (Phi) is 2.82. The third-order valence-corrected chi connectivity index (χ3v) is 2.46. The van der Waals surface area contributed by atoms with Crippen molar-refractivity contribution in [3.63, 3.8) is 0 Å². The van der Waals surface area contributed by atoms with E-state index in [1.807, 2.05) is 0 Å². The van der Waals surface area contributed by atoms with E-state index in [2.05, 4.69) is 5.16 Å². The fourth-order valence-corrected chi connectivity index (χ4v) is 1.63. The maximum Gasteiger partial charge on any atom is 0.308 e. The molecule has 0 fully saturated rings. The normalized spacial score (nSPS) is 10.4. The minimum atomic E-state index is -0.965. The summed E-state index contributed by atoms with van der Waals surface area (Å²) >= 11 is 0. The van der Waals surface area contributed by atoms with E-state index >= 15 is 0 Å². The van der Waals surface area contributed by atoms with E-state index in [-0.39, 0.29) is 12.2 Å². The summed E-state index contributed by atoms with van der Waals surface area (Å²) in [6, 6.07) is 6.58. The molecular weight excluding hydrogens is 222 g/mol. The summed E-state index contributed by atoms with van der Waals surface area (Å²) in [5.41, 5.74) is 1.45. The molecule has 88 valence electrons. The third-order valence-electron chi connectivity index (χ3n) is 2.46. The highest BCUT2D eigenvalue weighted by Gasteiger charge is 2.19. The fourth-order valence-electron chi connectivity index (χ4n) is 1.63. The number of carbonyl (C=O) groups is 1. The van der Waals surface area contributed by atoms with Gasteiger partial charge in [0.15, 0.2) is 5.76 Å². The molecule has 2 rings (SSSR count). The topological polar surface area (TPSA) is 83.6 Å². The third kappa shape index (κ3) is 2.13. The predicted molar refractivity (Wildman–Crippen MR) is 59.7 cm³/mol. The van der Waals surface area contributed by atoms with Crippen LogP contribution in [0.25, 0.3) is 11.3 Å². The van der Waals surface area contributed by atoms with Gasteiger partial charge in [0.2, 0.25) is 0 Å². The van der Waals surface area contributed by atoms with E-state index in [1.54, 1.807) is 25.1 Å². The standard InChI is InChI=1S/C12H11NO4/c1-7-9(6-11(15)16)12(17-13-7)8-4-2-3-5-10(8)14/h2-5,14H,6H2,1H3,(H,15,16). The van der Waals surface area contributed by atoms with Gasteiger partial charge in [-0.2, -0.15) is 0 Å². The molecule has 0 saturated carbocycles. The number of aromatic hydroxyl groups is 1. The van der Waals surface area contributed by atoms with Gasteiger partial charge in [-0.05, 0) is 19.1 Å². The van der Waals surface area contributed by atoms with Crippen LogP contribution in [0.4, 0.5) is 0 Å². The summed E-state index contributed by atoms with van der Waals surface area (Å²) in [5.74, 6) is -0.619. The van der Waals surface area contributed by atoms with Crippen molar-refractivity contribution in [3.8, 4) is 17.1 Å². The van der Waals surface area contributed by atoms with Gasteiger partial charge < -0.3 is 14.7 Å². The summed E-state index contributed by atoms with van der Waals surface area (Å²) in [4.78, 5) is 10.8.